The first-order valence-corrected chi connectivity index (χ1v) is 14.1. The van der Waals surface area contributed by atoms with Gasteiger partial charge in [-0.25, -0.2) is 0 Å². The van der Waals surface area contributed by atoms with Gasteiger partial charge in [0, 0.05) is 11.1 Å². The monoisotopic (exact) mass is 601 g/mol. The number of nitrogens with one attached hydrogen (secondary N) is 1. The van der Waals surface area contributed by atoms with E-state index in [1.54, 1.807) is 54.6 Å². The van der Waals surface area contributed by atoms with Crippen LogP contribution in [0.4, 0.5) is 18.9 Å². The zero-order valence-electron chi connectivity index (χ0n) is 22.7. The van der Waals surface area contributed by atoms with Gasteiger partial charge in [-0.1, -0.05) is 48.5 Å². The van der Waals surface area contributed by atoms with E-state index >= 15 is 0 Å². The van der Waals surface area contributed by atoms with Gasteiger partial charge in [0.2, 0.25) is 0 Å². The Kier molecular flexibility index (Phi) is 8.96. The molecule has 0 bridgehead atoms. The lowest BCUT2D eigenvalue weighted by molar-refractivity contribution is -0.167. The normalized spacial score (nSPS) is 11.5. The van der Waals surface area contributed by atoms with Crippen LogP contribution in [0, 0.1) is 0 Å². The van der Waals surface area contributed by atoms with Crippen LogP contribution in [0.15, 0.2) is 84.9 Å². The third-order valence-corrected chi connectivity index (χ3v) is 6.46. The lowest BCUT2D eigenvalue weighted by atomic mass is 9.97. The molecule has 4 aromatic carbocycles. The minimum atomic E-state index is -5.11. The molecule has 42 heavy (non-hydrogen) atoms. The largest absolute Gasteiger partial charge is 0.496 e. The van der Waals surface area contributed by atoms with Gasteiger partial charge in [0.15, 0.2) is 0 Å². The first-order chi connectivity index (χ1) is 19.9. The highest BCUT2D eigenvalue weighted by molar-refractivity contribution is 7.86. The minimum absolute atomic E-state index is 0.0409. The lowest BCUT2D eigenvalue weighted by Gasteiger charge is -2.18. The summed E-state index contributed by atoms with van der Waals surface area (Å²) in [5.74, 6) is -1.22. The van der Waals surface area contributed by atoms with Crippen LogP contribution in [0.1, 0.15) is 5.56 Å². The van der Waals surface area contributed by atoms with E-state index in [0.717, 1.165) is 11.8 Å². The number of ether oxygens (including phenoxy) is 3. The fourth-order valence-electron chi connectivity index (χ4n) is 4.06. The number of benzene rings is 4. The first kappa shape index (κ1) is 30.3. The standard InChI is InChI=1S/C30H26F3NO7S/c1-38-27-17-24(28(39-2)16-23(27)20-9-12-22(13-10-20)41-42(3,36)37)21-11-14-26(40-18-19-7-5-4-6-8-19)25(15-21)34-29(35)30(31,32)33/h4-17H,18H2,1-3H3,(H,34,35). The van der Waals surface area contributed by atoms with Crippen molar-refractivity contribution in [3.8, 4) is 45.3 Å². The quantitative estimate of drug-likeness (QED) is 0.208. The van der Waals surface area contributed by atoms with E-state index in [2.05, 4.69) is 0 Å². The molecule has 0 radical (unpaired) electrons. The molecule has 220 valence electrons. The van der Waals surface area contributed by atoms with Crippen molar-refractivity contribution in [3.63, 3.8) is 0 Å². The molecule has 0 atom stereocenters. The van der Waals surface area contributed by atoms with Crippen LogP contribution < -0.4 is 23.7 Å². The zero-order chi connectivity index (χ0) is 30.5. The second-order valence-electron chi connectivity index (χ2n) is 9.00. The first-order valence-electron chi connectivity index (χ1n) is 12.3. The highest BCUT2D eigenvalue weighted by atomic mass is 32.2. The Hall–Kier alpha value is -4.71. The van der Waals surface area contributed by atoms with Gasteiger partial charge in [-0.2, -0.15) is 21.6 Å². The topological polar surface area (TPSA) is 100 Å². The fourth-order valence-corrected chi connectivity index (χ4v) is 4.52. The summed E-state index contributed by atoms with van der Waals surface area (Å²) in [5, 5.41) is 1.91. The van der Waals surface area contributed by atoms with Crippen molar-refractivity contribution in [2.75, 3.05) is 25.8 Å². The van der Waals surface area contributed by atoms with Gasteiger partial charge < -0.3 is 23.7 Å². The van der Waals surface area contributed by atoms with Crippen molar-refractivity contribution in [1.82, 2.24) is 0 Å². The molecule has 8 nitrogen and oxygen atoms in total. The van der Waals surface area contributed by atoms with E-state index in [1.807, 2.05) is 11.4 Å². The average molecular weight is 602 g/mol. The van der Waals surface area contributed by atoms with Crippen LogP contribution in [-0.2, 0) is 21.5 Å². The van der Waals surface area contributed by atoms with Crippen molar-refractivity contribution >= 4 is 21.7 Å². The Morgan fingerprint density at radius 3 is 1.90 bits per heavy atom. The van der Waals surface area contributed by atoms with E-state index in [1.165, 1.54) is 38.5 Å². The van der Waals surface area contributed by atoms with E-state index in [9.17, 15) is 26.4 Å². The second kappa shape index (κ2) is 12.4. The van der Waals surface area contributed by atoms with Crippen LogP contribution in [0.25, 0.3) is 22.3 Å². The maximum atomic E-state index is 13.1. The average Bonchev–Trinajstić information content (AvgIpc) is 2.95. The summed E-state index contributed by atoms with van der Waals surface area (Å²) in [5.41, 5.74) is 2.73. The SMILES string of the molecule is COc1cc(-c2ccc(OCc3ccccc3)c(NC(=O)C(F)(F)F)c2)c(OC)cc1-c1ccc(OS(C)(=O)=O)cc1. The number of anilines is 1. The van der Waals surface area contributed by atoms with Crippen molar-refractivity contribution in [3.05, 3.63) is 90.5 Å². The van der Waals surface area contributed by atoms with Crippen molar-refractivity contribution in [2.24, 2.45) is 0 Å². The van der Waals surface area contributed by atoms with Crippen molar-refractivity contribution in [1.29, 1.82) is 0 Å². The van der Waals surface area contributed by atoms with E-state index in [-0.39, 0.29) is 23.8 Å². The van der Waals surface area contributed by atoms with E-state index < -0.39 is 22.2 Å². The summed E-state index contributed by atoms with van der Waals surface area (Å²) in [6, 6.07) is 23.0. The maximum Gasteiger partial charge on any atom is 0.471 e. The Balaban J connectivity index is 1.73. The molecule has 0 spiro atoms. The molecule has 4 rings (SSSR count). The van der Waals surface area contributed by atoms with Gasteiger partial charge in [0.25, 0.3) is 0 Å². The van der Waals surface area contributed by atoms with Gasteiger partial charge in [0.1, 0.15) is 29.6 Å². The van der Waals surface area contributed by atoms with Crippen molar-refractivity contribution < 1.29 is 44.8 Å². The molecule has 0 aromatic heterocycles. The second-order valence-corrected chi connectivity index (χ2v) is 10.6. The Morgan fingerprint density at radius 2 is 1.36 bits per heavy atom. The zero-order valence-corrected chi connectivity index (χ0v) is 23.5. The number of carbonyl (C=O) groups is 1. The number of carbonyl (C=O) groups excluding carboxylic acids is 1. The number of rotatable bonds is 10. The number of hydrogen-bond donors (Lipinski definition) is 1. The number of alkyl halides is 3. The molecule has 1 N–H and O–H groups in total. The summed E-state index contributed by atoms with van der Waals surface area (Å²) in [4.78, 5) is 11.9. The van der Waals surface area contributed by atoms with Gasteiger partial charge >= 0.3 is 22.2 Å². The van der Waals surface area contributed by atoms with Crippen LogP contribution in [-0.4, -0.2) is 41.0 Å². The van der Waals surface area contributed by atoms with Gasteiger partial charge in [-0.3, -0.25) is 4.79 Å². The Labute approximate surface area is 240 Å². The molecule has 0 heterocycles. The highest BCUT2D eigenvalue weighted by Crippen LogP contribution is 2.43. The van der Waals surface area contributed by atoms with Crippen LogP contribution in [0.5, 0.6) is 23.0 Å². The number of halogens is 3. The predicted octanol–water partition coefficient (Wildman–Crippen LogP) is 6.46. The molecular weight excluding hydrogens is 575 g/mol. The third kappa shape index (κ3) is 7.52. The Morgan fingerprint density at radius 1 is 0.786 bits per heavy atom. The predicted molar refractivity (Wildman–Crippen MR) is 151 cm³/mol. The minimum Gasteiger partial charge on any atom is -0.496 e. The molecule has 0 saturated carbocycles. The Bertz CT molecular complexity index is 1670. The molecule has 0 unspecified atom stereocenters. The maximum absolute atomic E-state index is 13.1. The van der Waals surface area contributed by atoms with Crippen LogP contribution >= 0.6 is 0 Å². The van der Waals surface area contributed by atoms with Gasteiger partial charge in [-0.15, -0.1) is 0 Å². The molecule has 0 fully saturated rings. The van der Waals surface area contributed by atoms with E-state index in [0.29, 0.717) is 33.8 Å². The molecule has 0 aliphatic rings. The van der Waals surface area contributed by atoms with Crippen LogP contribution in [0.3, 0.4) is 0 Å². The smallest absolute Gasteiger partial charge is 0.471 e. The molecule has 12 heteroatoms. The summed E-state index contributed by atoms with van der Waals surface area (Å²) in [6.07, 6.45) is -4.17. The molecule has 0 aliphatic carbocycles. The third-order valence-electron chi connectivity index (χ3n) is 5.97. The molecule has 0 aliphatic heterocycles. The van der Waals surface area contributed by atoms with Crippen molar-refractivity contribution in [2.45, 2.75) is 12.8 Å². The van der Waals surface area contributed by atoms with Crippen LogP contribution in [0.2, 0.25) is 0 Å². The fraction of sp³-hybridized carbons (Fsp3) is 0.167. The summed E-state index contributed by atoms with van der Waals surface area (Å²) in [6.45, 7) is 0.0644. The molecule has 0 saturated heterocycles. The summed E-state index contributed by atoms with van der Waals surface area (Å²) < 4.78 is 84.1. The van der Waals surface area contributed by atoms with Gasteiger partial charge in [-0.05, 0) is 53.1 Å². The summed E-state index contributed by atoms with van der Waals surface area (Å²) in [7, 11) is -0.815. The number of amides is 1. The van der Waals surface area contributed by atoms with E-state index in [4.69, 9.17) is 18.4 Å². The lowest BCUT2D eigenvalue weighted by Crippen LogP contribution is -2.30. The number of methoxy groups -OCH3 is 2. The molecule has 4 aromatic rings. The highest BCUT2D eigenvalue weighted by Gasteiger charge is 2.39. The van der Waals surface area contributed by atoms with Gasteiger partial charge in [0.05, 0.1) is 26.2 Å². The molecule has 1 amide bonds. The molecular formula is C30H26F3NO7S. The summed E-state index contributed by atoms with van der Waals surface area (Å²) >= 11 is 0. The number of hydrogen-bond acceptors (Lipinski definition) is 7.